The molecule has 9 heteroatoms. The zero-order chi connectivity index (χ0) is 21.1. The molecule has 0 unspecified atom stereocenters. The minimum Gasteiger partial charge on any atom is -0.493 e. The van der Waals surface area contributed by atoms with Crippen LogP contribution in [0.4, 0.5) is 5.69 Å². The Balaban J connectivity index is 1.95. The molecular formula is C20H15ClN2O5S. The summed E-state index contributed by atoms with van der Waals surface area (Å²) in [4.78, 5) is 39.0. The van der Waals surface area contributed by atoms with Gasteiger partial charge in [-0.1, -0.05) is 11.6 Å². The number of thiocarbonyl (C=S) groups is 1. The highest BCUT2D eigenvalue weighted by Gasteiger charge is 2.35. The number of halogens is 1. The molecule has 29 heavy (non-hydrogen) atoms. The number of hydrogen-bond donors (Lipinski definition) is 1. The second-order valence-electron chi connectivity index (χ2n) is 5.87. The Labute approximate surface area is 176 Å². The first-order valence-electron chi connectivity index (χ1n) is 8.29. The number of carbonyl (C=O) groups is 3. The Morgan fingerprint density at radius 2 is 1.72 bits per heavy atom. The Kier molecular flexibility index (Phi) is 5.95. The molecule has 1 aliphatic rings. The highest BCUT2D eigenvalue weighted by Crippen LogP contribution is 2.28. The lowest BCUT2D eigenvalue weighted by atomic mass is 10.0. The average Bonchev–Trinajstić information content (AvgIpc) is 2.71. The molecule has 0 aromatic heterocycles. The van der Waals surface area contributed by atoms with Crippen LogP contribution in [0.5, 0.6) is 11.5 Å². The standard InChI is InChI=1S/C20H15ClN2O5S/c1-27-16-8-3-11(9-17(16)28-2)15(24)10-14-18(25)22-20(29)23(19(14)26)13-6-4-12(21)5-7-13/h3-10H,1-2H3,(H,22,25,29). The molecule has 1 saturated heterocycles. The minimum absolute atomic E-state index is 0.0851. The van der Waals surface area contributed by atoms with E-state index < -0.39 is 17.6 Å². The fourth-order valence-corrected chi connectivity index (χ4v) is 3.09. The van der Waals surface area contributed by atoms with Gasteiger partial charge in [-0.25, -0.2) is 0 Å². The van der Waals surface area contributed by atoms with Crippen LogP contribution >= 0.6 is 23.8 Å². The van der Waals surface area contributed by atoms with Gasteiger partial charge in [0.2, 0.25) is 0 Å². The van der Waals surface area contributed by atoms with Gasteiger partial charge in [0.15, 0.2) is 22.4 Å². The highest BCUT2D eigenvalue weighted by atomic mass is 35.5. The van der Waals surface area contributed by atoms with Gasteiger partial charge in [-0.15, -0.1) is 0 Å². The smallest absolute Gasteiger partial charge is 0.270 e. The molecule has 0 atom stereocenters. The van der Waals surface area contributed by atoms with Crippen LogP contribution in [0.3, 0.4) is 0 Å². The van der Waals surface area contributed by atoms with E-state index >= 15 is 0 Å². The molecule has 1 fully saturated rings. The zero-order valence-electron chi connectivity index (χ0n) is 15.4. The SMILES string of the molecule is COc1ccc(C(=O)C=C2C(=O)NC(=S)N(c3ccc(Cl)cc3)C2=O)cc1OC. The summed E-state index contributed by atoms with van der Waals surface area (Å²) in [7, 11) is 2.91. The minimum atomic E-state index is -0.751. The van der Waals surface area contributed by atoms with Crippen molar-refractivity contribution in [2.24, 2.45) is 0 Å². The molecule has 148 valence electrons. The number of amides is 2. The molecule has 7 nitrogen and oxygen atoms in total. The fourth-order valence-electron chi connectivity index (χ4n) is 2.69. The number of allylic oxidation sites excluding steroid dienone is 1. The summed E-state index contributed by atoms with van der Waals surface area (Å²) in [6.45, 7) is 0. The summed E-state index contributed by atoms with van der Waals surface area (Å²) < 4.78 is 10.3. The molecule has 0 spiro atoms. The first-order chi connectivity index (χ1) is 13.8. The Morgan fingerprint density at radius 1 is 1.07 bits per heavy atom. The van der Waals surface area contributed by atoms with E-state index in [9.17, 15) is 14.4 Å². The Bertz CT molecular complexity index is 1050. The maximum Gasteiger partial charge on any atom is 0.270 e. The predicted molar refractivity (Wildman–Crippen MR) is 112 cm³/mol. The first kappa shape index (κ1) is 20.5. The third-order valence-corrected chi connectivity index (χ3v) is 4.67. The Morgan fingerprint density at radius 3 is 2.34 bits per heavy atom. The summed E-state index contributed by atoms with van der Waals surface area (Å²) in [5.41, 5.74) is 0.296. The fraction of sp³-hybridized carbons (Fsp3) is 0.100. The van der Waals surface area contributed by atoms with Crippen molar-refractivity contribution >= 4 is 52.2 Å². The second-order valence-corrected chi connectivity index (χ2v) is 6.69. The molecule has 0 radical (unpaired) electrons. The monoisotopic (exact) mass is 430 g/mol. The third-order valence-electron chi connectivity index (χ3n) is 4.13. The number of benzene rings is 2. The average molecular weight is 431 g/mol. The molecule has 0 bridgehead atoms. The number of nitrogens with one attached hydrogen (secondary N) is 1. The van der Waals surface area contributed by atoms with Crippen LogP contribution in [0.25, 0.3) is 0 Å². The number of ether oxygens (including phenoxy) is 2. The van der Waals surface area contributed by atoms with Gasteiger partial charge in [-0.05, 0) is 54.7 Å². The van der Waals surface area contributed by atoms with Crippen molar-refractivity contribution in [2.75, 3.05) is 19.1 Å². The van der Waals surface area contributed by atoms with Crippen LogP contribution in [0.1, 0.15) is 10.4 Å². The van der Waals surface area contributed by atoms with Gasteiger partial charge >= 0.3 is 0 Å². The van der Waals surface area contributed by atoms with E-state index in [0.717, 1.165) is 11.0 Å². The number of methoxy groups -OCH3 is 2. The number of ketones is 1. The van der Waals surface area contributed by atoms with E-state index in [-0.39, 0.29) is 16.2 Å². The lowest BCUT2D eigenvalue weighted by molar-refractivity contribution is -0.122. The molecule has 0 aliphatic carbocycles. The first-order valence-corrected chi connectivity index (χ1v) is 9.07. The van der Waals surface area contributed by atoms with Gasteiger partial charge in [0.25, 0.3) is 11.8 Å². The van der Waals surface area contributed by atoms with Gasteiger partial charge < -0.3 is 9.47 Å². The molecule has 2 aromatic carbocycles. The van der Waals surface area contributed by atoms with Crippen LogP contribution in [-0.2, 0) is 9.59 Å². The van der Waals surface area contributed by atoms with Crippen LogP contribution in [0.15, 0.2) is 54.1 Å². The number of anilines is 1. The maximum absolute atomic E-state index is 12.9. The largest absolute Gasteiger partial charge is 0.493 e. The molecule has 0 saturated carbocycles. The van der Waals surface area contributed by atoms with Crippen molar-refractivity contribution in [1.82, 2.24) is 5.32 Å². The van der Waals surface area contributed by atoms with Gasteiger partial charge in [0.05, 0.1) is 19.9 Å². The number of hydrogen-bond acceptors (Lipinski definition) is 6. The van der Waals surface area contributed by atoms with E-state index in [1.165, 1.54) is 26.4 Å². The Hall–Kier alpha value is -3.23. The van der Waals surface area contributed by atoms with Crippen LogP contribution < -0.4 is 19.7 Å². The van der Waals surface area contributed by atoms with E-state index in [4.69, 9.17) is 33.3 Å². The predicted octanol–water partition coefficient (Wildman–Crippen LogP) is 2.91. The molecule has 1 heterocycles. The summed E-state index contributed by atoms with van der Waals surface area (Å²) >= 11 is 11.0. The number of nitrogens with zero attached hydrogens (tertiary/aromatic N) is 1. The second kappa shape index (κ2) is 8.42. The van der Waals surface area contributed by atoms with E-state index in [1.807, 2.05) is 0 Å². The lowest BCUT2D eigenvalue weighted by Crippen LogP contribution is -2.54. The van der Waals surface area contributed by atoms with Gasteiger partial charge in [-0.3, -0.25) is 24.6 Å². The molecule has 1 aliphatic heterocycles. The van der Waals surface area contributed by atoms with Crippen molar-refractivity contribution in [1.29, 1.82) is 0 Å². The van der Waals surface area contributed by atoms with E-state index in [2.05, 4.69) is 5.32 Å². The molecule has 1 N–H and O–H groups in total. The summed E-state index contributed by atoms with van der Waals surface area (Å²) in [5, 5.41) is 2.81. The summed E-state index contributed by atoms with van der Waals surface area (Å²) in [6, 6.07) is 10.9. The van der Waals surface area contributed by atoms with Gasteiger partial charge in [0, 0.05) is 16.7 Å². The van der Waals surface area contributed by atoms with Crippen LogP contribution in [0.2, 0.25) is 5.02 Å². The quantitative estimate of drug-likeness (QED) is 0.340. The van der Waals surface area contributed by atoms with Crippen molar-refractivity contribution in [3.05, 3.63) is 64.7 Å². The topological polar surface area (TPSA) is 84.9 Å². The molecule has 2 aromatic rings. The van der Waals surface area contributed by atoms with Crippen LogP contribution in [0, 0.1) is 0 Å². The normalized spacial score (nSPS) is 15.3. The van der Waals surface area contributed by atoms with Crippen molar-refractivity contribution in [3.8, 4) is 11.5 Å². The van der Waals surface area contributed by atoms with Crippen molar-refractivity contribution in [3.63, 3.8) is 0 Å². The van der Waals surface area contributed by atoms with Gasteiger partial charge in [-0.2, -0.15) is 0 Å². The van der Waals surface area contributed by atoms with Crippen molar-refractivity contribution in [2.45, 2.75) is 0 Å². The van der Waals surface area contributed by atoms with Crippen LogP contribution in [-0.4, -0.2) is 36.9 Å². The third kappa shape index (κ3) is 4.13. The maximum atomic E-state index is 12.9. The highest BCUT2D eigenvalue weighted by molar-refractivity contribution is 7.80. The van der Waals surface area contributed by atoms with Crippen molar-refractivity contribution < 1.29 is 23.9 Å². The van der Waals surface area contributed by atoms with E-state index in [1.54, 1.807) is 30.3 Å². The number of rotatable bonds is 5. The molecular weight excluding hydrogens is 416 g/mol. The molecule has 2 amide bonds. The lowest BCUT2D eigenvalue weighted by Gasteiger charge is -2.28. The molecule has 3 rings (SSSR count). The van der Waals surface area contributed by atoms with E-state index in [0.29, 0.717) is 22.2 Å². The summed E-state index contributed by atoms with van der Waals surface area (Å²) in [5.74, 6) is -1.22. The van der Waals surface area contributed by atoms with Gasteiger partial charge in [0.1, 0.15) is 5.57 Å². The zero-order valence-corrected chi connectivity index (χ0v) is 17.0. The number of carbonyl (C=O) groups excluding carboxylic acids is 3. The summed E-state index contributed by atoms with van der Waals surface area (Å²) in [6.07, 6.45) is 0.976.